The molecule has 1 heterocycles. The highest BCUT2D eigenvalue weighted by atomic mass is 15.6. The van der Waals surface area contributed by atoms with E-state index in [9.17, 15) is 0 Å². The highest BCUT2D eigenvalue weighted by Crippen LogP contribution is 2.24. The van der Waals surface area contributed by atoms with Gasteiger partial charge < -0.3 is 0 Å². The summed E-state index contributed by atoms with van der Waals surface area (Å²) in [5, 5.41) is 12.3. The summed E-state index contributed by atoms with van der Waals surface area (Å²) in [6, 6.07) is 19.0. The van der Waals surface area contributed by atoms with Crippen LogP contribution in [-0.2, 0) is 12.0 Å². The summed E-state index contributed by atoms with van der Waals surface area (Å²) >= 11 is 0. The molecule has 1 atom stereocenters. The lowest BCUT2D eigenvalue weighted by Gasteiger charge is -2.24. The second-order valence-electron chi connectivity index (χ2n) is 7.82. The predicted molar refractivity (Wildman–Crippen MR) is 104 cm³/mol. The first-order valence-electron chi connectivity index (χ1n) is 8.99. The molecule has 0 aliphatic carbocycles. The van der Waals surface area contributed by atoms with Crippen molar-refractivity contribution in [3.05, 3.63) is 71.5 Å². The van der Waals surface area contributed by atoms with Crippen LogP contribution in [0.2, 0.25) is 0 Å². The van der Waals surface area contributed by atoms with Gasteiger partial charge in [0, 0.05) is 6.54 Å². The Morgan fingerprint density at radius 3 is 2.27 bits per heavy atom. The van der Waals surface area contributed by atoms with E-state index in [0.29, 0.717) is 0 Å². The topological polar surface area (TPSA) is 46.8 Å². The molecule has 0 aliphatic rings. The van der Waals surface area contributed by atoms with Gasteiger partial charge in [-0.2, -0.15) is 4.68 Å². The minimum atomic E-state index is 0.0903. The zero-order chi connectivity index (χ0) is 18.7. The van der Waals surface area contributed by atoms with Gasteiger partial charge in [-0.1, -0.05) is 63.2 Å². The standard InChI is InChI=1S/C21H27N5/c1-16(20-22-23-24-26(20)19-9-7-6-8-10-19)25(5)15-17-11-13-18(14-12-17)21(2,3)4/h6-14,16H,15H2,1-5H3/t16-/m0/s1. The third-order valence-electron chi connectivity index (χ3n) is 4.78. The van der Waals surface area contributed by atoms with Crippen molar-refractivity contribution in [3.63, 3.8) is 0 Å². The van der Waals surface area contributed by atoms with Gasteiger partial charge in [0.2, 0.25) is 0 Å². The quantitative estimate of drug-likeness (QED) is 0.694. The number of rotatable bonds is 5. The molecule has 2 aromatic carbocycles. The molecule has 3 rings (SSSR count). The summed E-state index contributed by atoms with van der Waals surface area (Å²) in [5.41, 5.74) is 3.79. The van der Waals surface area contributed by atoms with Crippen LogP contribution in [-0.4, -0.2) is 32.2 Å². The first-order valence-corrected chi connectivity index (χ1v) is 8.99. The number of para-hydroxylation sites is 1. The van der Waals surface area contributed by atoms with E-state index in [1.807, 2.05) is 35.0 Å². The molecule has 0 fully saturated rings. The highest BCUT2D eigenvalue weighted by Gasteiger charge is 2.20. The van der Waals surface area contributed by atoms with Crippen LogP contribution in [0, 0.1) is 0 Å². The van der Waals surface area contributed by atoms with E-state index >= 15 is 0 Å². The van der Waals surface area contributed by atoms with E-state index in [2.05, 4.69) is 79.4 Å². The molecule has 0 spiro atoms. The molecule has 26 heavy (non-hydrogen) atoms. The van der Waals surface area contributed by atoms with Crippen molar-refractivity contribution in [2.24, 2.45) is 0 Å². The lowest BCUT2D eigenvalue weighted by atomic mass is 9.87. The number of tetrazole rings is 1. The molecule has 3 aromatic rings. The van der Waals surface area contributed by atoms with E-state index in [4.69, 9.17) is 0 Å². The average Bonchev–Trinajstić information content (AvgIpc) is 3.11. The van der Waals surface area contributed by atoms with Crippen LogP contribution >= 0.6 is 0 Å². The van der Waals surface area contributed by atoms with Crippen LogP contribution < -0.4 is 0 Å². The Morgan fingerprint density at radius 1 is 1.00 bits per heavy atom. The van der Waals surface area contributed by atoms with E-state index in [1.54, 1.807) is 0 Å². The van der Waals surface area contributed by atoms with Gasteiger partial charge in [-0.05, 0) is 53.1 Å². The van der Waals surface area contributed by atoms with E-state index in [1.165, 1.54) is 11.1 Å². The zero-order valence-corrected chi connectivity index (χ0v) is 16.2. The van der Waals surface area contributed by atoms with Crippen molar-refractivity contribution in [3.8, 4) is 5.69 Å². The smallest absolute Gasteiger partial charge is 0.173 e. The van der Waals surface area contributed by atoms with Crippen LogP contribution in [0.4, 0.5) is 0 Å². The Morgan fingerprint density at radius 2 is 1.65 bits per heavy atom. The SMILES string of the molecule is C[C@@H](c1nnnn1-c1ccccc1)N(C)Cc1ccc(C(C)(C)C)cc1. The molecule has 0 saturated heterocycles. The molecule has 0 aliphatic heterocycles. The van der Waals surface area contributed by atoms with Gasteiger partial charge in [-0.15, -0.1) is 5.10 Å². The fraction of sp³-hybridized carbons (Fsp3) is 0.381. The second kappa shape index (κ2) is 7.38. The maximum Gasteiger partial charge on any atom is 0.173 e. The Bertz CT molecular complexity index is 831. The average molecular weight is 349 g/mol. The fourth-order valence-electron chi connectivity index (χ4n) is 2.94. The Kier molecular flexibility index (Phi) is 5.18. The van der Waals surface area contributed by atoms with Crippen molar-refractivity contribution in [2.45, 2.75) is 45.7 Å². The van der Waals surface area contributed by atoms with Crippen LogP contribution in [0.15, 0.2) is 54.6 Å². The van der Waals surface area contributed by atoms with Crippen molar-refractivity contribution >= 4 is 0 Å². The lowest BCUT2D eigenvalue weighted by Crippen LogP contribution is -2.25. The van der Waals surface area contributed by atoms with E-state index in [0.717, 1.165) is 18.1 Å². The summed E-state index contributed by atoms with van der Waals surface area (Å²) in [4.78, 5) is 2.26. The van der Waals surface area contributed by atoms with Gasteiger partial charge in [0.05, 0.1) is 11.7 Å². The summed E-state index contributed by atoms with van der Waals surface area (Å²) in [7, 11) is 2.10. The molecule has 1 aromatic heterocycles. The third-order valence-corrected chi connectivity index (χ3v) is 4.78. The minimum Gasteiger partial charge on any atom is -0.292 e. The monoisotopic (exact) mass is 349 g/mol. The van der Waals surface area contributed by atoms with Crippen molar-refractivity contribution in [2.75, 3.05) is 7.05 Å². The van der Waals surface area contributed by atoms with Crippen LogP contribution in [0.1, 0.15) is 50.7 Å². The molecule has 0 unspecified atom stereocenters. The van der Waals surface area contributed by atoms with Gasteiger partial charge in [-0.25, -0.2) is 0 Å². The molecule has 0 N–H and O–H groups in total. The number of nitrogens with zero attached hydrogens (tertiary/aromatic N) is 5. The molecule has 0 saturated carbocycles. The van der Waals surface area contributed by atoms with Crippen LogP contribution in [0.5, 0.6) is 0 Å². The normalized spacial score (nSPS) is 13.2. The van der Waals surface area contributed by atoms with E-state index < -0.39 is 0 Å². The van der Waals surface area contributed by atoms with Crippen molar-refractivity contribution < 1.29 is 0 Å². The Hall–Kier alpha value is -2.53. The van der Waals surface area contributed by atoms with Crippen molar-refractivity contribution in [1.29, 1.82) is 0 Å². The number of aromatic nitrogens is 4. The molecule has 5 nitrogen and oxygen atoms in total. The number of hydrogen-bond donors (Lipinski definition) is 0. The van der Waals surface area contributed by atoms with Gasteiger partial charge >= 0.3 is 0 Å². The van der Waals surface area contributed by atoms with Crippen molar-refractivity contribution in [1.82, 2.24) is 25.1 Å². The molecule has 5 heteroatoms. The second-order valence-corrected chi connectivity index (χ2v) is 7.82. The zero-order valence-electron chi connectivity index (χ0n) is 16.2. The first kappa shape index (κ1) is 18.3. The Labute approximate surface area is 155 Å². The van der Waals surface area contributed by atoms with Gasteiger partial charge in [0.1, 0.15) is 0 Å². The largest absolute Gasteiger partial charge is 0.292 e. The predicted octanol–water partition coefficient (Wildman–Crippen LogP) is 4.15. The van der Waals surface area contributed by atoms with E-state index in [-0.39, 0.29) is 11.5 Å². The summed E-state index contributed by atoms with van der Waals surface area (Å²) in [5.74, 6) is 0.838. The molecular formula is C21H27N5. The minimum absolute atomic E-state index is 0.0903. The summed E-state index contributed by atoms with van der Waals surface area (Å²) in [6.45, 7) is 9.68. The highest BCUT2D eigenvalue weighted by molar-refractivity contribution is 5.31. The van der Waals surface area contributed by atoms with Gasteiger partial charge in [0.15, 0.2) is 5.82 Å². The number of benzene rings is 2. The first-order chi connectivity index (χ1) is 12.4. The summed E-state index contributed by atoms with van der Waals surface area (Å²) in [6.07, 6.45) is 0. The molecule has 0 bridgehead atoms. The maximum atomic E-state index is 4.26. The molecule has 0 radical (unpaired) electrons. The lowest BCUT2D eigenvalue weighted by molar-refractivity contribution is 0.240. The third kappa shape index (κ3) is 3.99. The van der Waals surface area contributed by atoms with Gasteiger partial charge in [0.25, 0.3) is 0 Å². The number of hydrogen-bond acceptors (Lipinski definition) is 4. The summed E-state index contributed by atoms with van der Waals surface area (Å²) < 4.78 is 1.81. The fourth-order valence-corrected chi connectivity index (χ4v) is 2.94. The van der Waals surface area contributed by atoms with Gasteiger partial charge in [-0.3, -0.25) is 4.90 Å². The Balaban J connectivity index is 1.75. The van der Waals surface area contributed by atoms with Crippen LogP contribution in [0.3, 0.4) is 0 Å². The molecular weight excluding hydrogens is 322 g/mol. The van der Waals surface area contributed by atoms with Crippen LogP contribution in [0.25, 0.3) is 5.69 Å². The molecule has 136 valence electrons. The molecule has 0 amide bonds. The maximum absolute atomic E-state index is 4.26.